The van der Waals surface area contributed by atoms with Crippen molar-refractivity contribution in [2.75, 3.05) is 19.6 Å². The van der Waals surface area contributed by atoms with Gasteiger partial charge < -0.3 is 15.5 Å². The summed E-state index contributed by atoms with van der Waals surface area (Å²) in [6.45, 7) is 1.29. The number of nitrogens with zero attached hydrogens (tertiary/aromatic N) is 1. The zero-order valence-electron chi connectivity index (χ0n) is 20.0. The van der Waals surface area contributed by atoms with Crippen molar-refractivity contribution in [3.63, 3.8) is 0 Å². The normalized spacial score (nSPS) is 15.1. The van der Waals surface area contributed by atoms with Crippen LogP contribution in [0.4, 0.5) is 4.39 Å². The van der Waals surface area contributed by atoms with E-state index in [1.54, 1.807) is 4.90 Å². The van der Waals surface area contributed by atoms with Gasteiger partial charge >= 0.3 is 0 Å². The number of carbonyl (C=O) groups is 3. The fraction of sp³-hybridized carbons (Fsp3) is 0.276. The van der Waals surface area contributed by atoms with Gasteiger partial charge in [-0.25, -0.2) is 4.39 Å². The lowest BCUT2D eigenvalue weighted by molar-refractivity contribution is -0.138. The highest BCUT2D eigenvalue weighted by atomic mass is 19.1. The summed E-state index contributed by atoms with van der Waals surface area (Å²) >= 11 is 0. The molecule has 0 radical (unpaired) electrons. The maximum absolute atomic E-state index is 13.7. The average molecular weight is 488 g/mol. The number of amides is 3. The molecule has 6 nitrogen and oxygen atoms in total. The molecule has 0 aliphatic carbocycles. The van der Waals surface area contributed by atoms with Crippen molar-refractivity contribution in [3.8, 4) is 0 Å². The average Bonchev–Trinajstić information content (AvgIpc) is 3.40. The van der Waals surface area contributed by atoms with Gasteiger partial charge in [-0.2, -0.15) is 0 Å². The fourth-order valence-corrected chi connectivity index (χ4v) is 4.56. The summed E-state index contributed by atoms with van der Waals surface area (Å²) in [5.41, 5.74) is 2.18. The topological polar surface area (TPSA) is 78.5 Å². The van der Waals surface area contributed by atoms with Gasteiger partial charge in [-0.15, -0.1) is 0 Å². The van der Waals surface area contributed by atoms with Crippen molar-refractivity contribution < 1.29 is 18.8 Å². The molecule has 1 heterocycles. The lowest BCUT2D eigenvalue weighted by Crippen LogP contribution is -2.48. The van der Waals surface area contributed by atoms with E-state index in [4.69, 9.17) is 0 Å². The SMILES string of the molecule is O=C(NCCCNC(=O)[C@@H]1CCCN1C(=O)C(c1ccccc1)c1ccccc1)c1ccc(F)cc1. The molecular formula is C29H30FN3O3. The van der Waals surface area contributed by atoms with Gasteiger partial charge in [-0.3, -0.25) is 14.4 Å². The van der Waals surface area contributed by atoms with E-state index in [1.165, 1.54) is 24.3 Å². The van der Waals surface area contributed by atoms with E-state index in [9.17, 15) is 18.8 Å². The second-order valence-corrected chi connectivity index (χ2v) is 8.85. The number of benzene rings is 3. The second-order valence-electron chi connectivity index (χ2n) is 8.85. The molecule has 3 aromatic carbocycles. The lowest BCUT2D eigenvalue weighted by atomic mass is 9.90. The molecule has 0 bridgehead atoms. The van der Waals surface area contributed by atoms with Crippen LogP contribution in [0.15, 0.2) is 84.9 Å². The molecule has 1 atom stereocenters. The zero-order chi connectivity index (χ0) is 25.3. The van der Waals surface area contributed by atoms with Gasteiger partial charge in [0.15, 0.2) is 0 Å². The van der Waals surface area contributed by atoms with Crippen LogP contribution in [0, 0.1) is 5.82 Å². The maximum Gasteiger partial charge on any atom is 0.251 e. The standard InChI is InChI=1S/C29H30FN3O3/c30-24-16-14-23(15-17-24)27(34)31-18-8-19-32-28(35)25-13-7-20-33(25)29(36)26(21-9-3-1-4-10-21)22-11-5-2-6-12-22/h1-6,9-12,14-17,25-26H,7-8,13,18-20H2,(H,31,34)(H,32,35)/t25-/m0/s1. The Hall–Kier alpha value is -4.00. The smallest absolute Gasteiger partial charge is 0.251 e. The molecule has 1 aliphatic rings. The highest BCUT2D eigenvalue weighted by Gasteiger charge is 2.38. The second kappa shape index (κ2) is 12.1. The number of likely N-dealkylation sites (tertiary alicyclic amines) is 1. The van der Waals surface area contributed by atoms with Crippen LogP contribution in [-0.4, -0.2) is 48.3 Å². The van der Waals surface area contributed by atoms with E-state index in [1.807, 2.05) is 60.7 Å². The predicted octanol–water partition coefficient (Wildman–Crippen LogP) is 3.88. The minimum absolute atomic E-state index is 0.0726. The van der Waals surface area contributed by atoms with Crippen LogP contribution < -0.4 is 10.6 Å². The molecule has 7 heteroatoms. The van der Waals surface area contributed by atoms with Gasteiger partial charge in [0, 0.05) is 25.2 Å². The molecule has 3 aromatic rings. The number of rotatable bonds is 9. The zero-order valence-corrected chi connectivity index (χ0v) is 20.0. The van der Waals surface area contributed by atoms with E-state index < -0.39 is 17.8 Å². The molecule has 4 rings (SSSR count). The van der Waals surface area contributed by atoms with Crippen molar-refractivity contribution in [2.24, 2.45) is 0 Å². The number of halogens is 1. The third-order valence-corrected chi connectivity index (χ3v) is 6.40. The monoisotopic (exact) mass is 487 g/mol. The molecule has 1 saturated heterocycles. The Labute approximate surface area is 210 Å². The molecular weight excluding hydrogens is 457 g/mol. The minimum atomic E-state index is -0.513. The van der Waals surface area contributed by atoms with E-state index in [-0.39, 0.29) is 17.7 Å². The number of hydrogen-bond donors (Lipinski definition) is 2. The summed E-state index contributed by atoms with van der Waals surface area (Å²) in [6, 6.07) is 24.1. The molecule has 186 valence electrons. The van der Waals surface area contributed by atoms with Crippen LogP contribution in [0.5, 0.6) is 0 Å². The van der Waals surface area contributed by atoms with E-state index in [0.29, 0.717) is 38.0 Å². The molecule has 1 fully saturated rings. The Morgan fingerprint density at radius 2 is 1.42 bits per heavy atom. The van der Waals surface area contributed by atoms with Gasteiger partial charge in [0.25, 0.3) is 5.91 Å². The summed E-state index contributed by atoms with van der Waals surface area (Å²) < 4.78 is 13.0. The first-order valence-electron chi connectivity index (χ1n) is 12.3. The Bertz CT molecular complexity index is 1130. The summed E-state index contributed by atoms with van der Waals surface area (Å²) in [4.78, 5) is 40.5. The van der Waals surface area contributed by atoms with Crippen LogP contribution in [0.3, 0.4) is 0 Å². The van der Waals surface area contributed by atoms with E-state index >= 15 is 0 Å². The van der Waals surface area contributed by atoms with Gasteiger partial charge in [0.05, 0.1) is 5.92 Å². The first-order valence-corrected chi connectivity index (χ1v) is 12.3. The lowest BCUT2D eigenvalue weighted by Gasteiger charge is -2.29. The van der Waals surface area contributed by atoms with Crippen LogP contribution in [-0.2, 0) is 9.59 Å². The van der Waals surface area contributed by atoms with Gasteiger partial charge in [-0.1, -0.05) is 60.7 Å². The predicted molar refractivity (Wildman–Crippen MR) is 136 cm³/mol. The van der Waals surface area contributed by atoms with Crippen LogP contribution in [0.25, 0.3) is 0 Å². The minimum Gasteiger partial charge on any atom is -0.354 e. The van der Waals surface area contributed by atoms with Crippen molar-refractivity contribution in [1.29, 1.82) is 0 Å². The third-order valence-electron chi connectivity index (χ3n) is 6.40. The summed E-state index contributed by atoms with van der Waals surface area (Å²) in [5.74, 6) is -1.40. The Kier molecular flexibility index (Phi) is 8.44. The Morgan fingerprint density at radius 3 is 2.03 bits per heavy atom. The quantitative estimate of drug-likeness (QED) is 0.450. The van der Waals surface area contributed by atoms with Crippen LogP contribution in [0.1, 0.15) is 46.7 Å². The largest absolute Gasteiger partial charge is 0.354 e. The first kappa shape index (κ1) is 25.1. The molecule has 1 aliphatic heterocycles. The highest BCUT2D eigenvalue weighted by Crippen LogP contribution is 2.30. The summed E-state index contributed by atoms with van der Waals surface area (Å²) in [7, 11) is 0. The molecule has 0 spiro atoms. The number of nitrogens with one attached hydrogen (secondary N) is 2. The van der Waals surface area contributed by atoms with Crippen molar-refractivity contribution >= 4 is 17.7 Å². The van der Waals surface area contributed by atoms with Crippen LogP contribution >= 0.6 is 0 Å². The highest BCUT2D eigenvalue weighted by molar-refractivity contribution is 5.94. The summed E-state index contributed by atoms with van der Waals surface area (Å²) in [6.07, 6.45) is 1.93. The van der Waals surface area contributed by atoms with Gasteiger partial charge in [0.1, 0.15) is 11.9 Å². The fourth-order valence-electron chi connectivity index (χ4n) is 4.56. The maximum atomic E-state index is 13.7. The summed E-state index contributed by atoms with van der Waals surface area (Å²) in [5, 5.41) is 5.68. The number of hydrogen-bond acceptors (Lipinski definition) is 3. The molecule has 0 aromatic heterocycles. The van der Waals surface area contributed by atoms with E-state index in [0.717, 1.165) is 17.5 Å². The molecule has 0 saturated carbocycles. The first-order chi connectivity index (χ1) is 17.5. The van der Waals surface area contributed by atoms with Crippen molar-refractivity contribution in [1.82, 2.24) is 15.5 Å². The molecule has 2 N–H and O–H groups in total. The molecule has 0 unspecified atom stereocenters. The molecule has 3 amide bonds. The Morgan fingerprint density at radius 1 is 0.833 bits per heavy atom. The van der Waals surface area contributed by atoms with Crippen LogP contribution in [0.2, 0.25) is 0 Å². The van der Waals surface area contributed by atoms with Crippen molar-refractivity contribution in [2.45, 2.75) is 31.2 Å². The Balaban J connectivity index is 1.32. The number of carbonyl (C=O) groups excluding carboxylic acids is 3. The third kappa shape index (κ3) is 6.16. The molecule has 36 heavy (non-hydrogen) atoms. The van der Waals surface area contributed by atoms with Crippen molar-refractivity contribution in [3.05, 3.63) is 107 Å². The van der Waals surface area contributed by atoms with Gasteiger partial charge in [-0.05, 0) is 54.7 Å². The van der Waals surface area contributed by atoms with E-state index in [2.05, 4.69) is 10.6 Å². The van der Waals surface area contributed by atoms with Gasteiger partial charge in [0.2, 0.25) is 11.8 Å².